The van der Waals surface area contributed by atoms with Crippen molar-refractivity contribution in [2.45, 2.75) is 26.3 Å². The molecule has 5 heteroatoms. The van der Waals surface area contributed by atoms with Gasteiger partial charge in [-0.3, -0.25) is 4.79 Å². The van der Waals surface area contributed by atoms with Crippen molar-refractivity contribution in [3.63, 3.8) is 0 Å². The zero-order valence-corrected chi connectivity index (χ0v) is 11.0. The van der Waals surface area contributed by atoms with Gasteiger partial charge in [0.2, 0.25) is 0 Å². The molecule has 102 valence electrons. The second kappa shape index (κ2) is 7.89. The first-order valence-electron chi connectivity index (χ1n) is 6.46. The Kier molecular flexibility index (Phi) is 6.46. The summed E-state index contributed by atoms with van der Waals surface area (Å²) < 4.78 is 1.64. The molecule has 0 fully saturated rings. The molecule has 0 saturated carbocycles. The average Bonchev–Trinajstić information content (AvgIpc) is 2.34. The lowest BCUT2D eigenvalue weighted by Gasteiger charge is -2.20. The van der Waals surface area contributed by atoms with E-state index in [1.807, 2.05) is 0 Å². The second-order valence-electron chi connectivity index (χ2n) is 4.41. The molecule has 1 heterocycles. The Hall–Kier alpha value is -1.33. The molecule has 3 N–H and O–H groups in total. The molecule has 0 atom stereocenters. The summed E-state index contributed by atoms with van der Waals surface area (Å²) >= 11 is 0. The Morgan fingerprint density at radius 1 is 1.33 bits per heavy atom. The van der Waals surface area contributed by atoms with Crippen molar-refractivity contribution in [1.29, 1.82) is 0 Å². The zero-order chi connectivity index (χ0) is 13.4. The van der Waals surface area contributed by atoms with Crippen LogP contribution in [0.25, 0.3) is 0 Å². The van der Waals surface area contributed by atoms with Crippen molar-refractivity contribution >= 4 is 5.69 Å². The van der Waals surface area contributed by atoms with Crippen LogP contribution >= 0.6 is 0 Å². The fourth-order valence-corrected chi connectivity index (χ4v) is 1.98. The van der Waals surface area contributed by atoms with Crippen LogP contribution in [0.1, 0.15) is 19.8 Å². The number of aryl methyl sites for hydroxylation is 1. The van der Waals surface area contributed by atoms with Crippen molar-refractivity contribution in [2.24, 2.45) is 0 Å². The molecule has 0 spiro atoms. The van der Waals surface area contributed by atoms with Crippen molar-refractivity contribution in [2.75, 3.05) is 32.0 Å². The van der Waals surface area contributed by atoms with Gasteiger partial charge in [0.15, 0.2) is 0 Å². The van der Waals surface area contributed by atoms with Crippen molar-refractivity contribution in [3.8, 4) is 0 Å². The Morgan fingerprint density at radius 2 is 2.11 bits per heavy atom. The molecule has 0 saturated heterocycles. The highest BCUT2D eigenvalue weighted by Crippen LogP contribution is 1.99. The SMILES string of the molecule is CCCN(CCO)CCCn1cc(N)ccc1=O. The van der Waals surface area contributed by atoms with Gasteiger partial charge in [0, 0.05) is 31.0 Å². The van der Waals surface area contributed by atoms with Crippen LogP contribution in [0.2, 0.25) is 0 Å². The average molecular weight is 253 g/mol. The maximum absolute atomic E-state index is 11.6. The summed E-state index contributed by atoms with van der Waals surface area (Å²) in [5.74, 6) is 0. The number of nitrogens with zero attached hydrogens (tertiary/aromatic N) is 2. The quantitative estimate of drug-likeness (QED) is 0.709. The van der Waals surface area contributed by atoms with Gasteiger partial charge in [0.1, 0.15) is 0 Å². The number of aliphatic hydroxyl groups is 1. The second-order valence-corrected chi connectivity index (χ2v) is 4.41. The number of nitrogens with two attached hydrogens (primary N) is 1. The monoisotopic (exact) mass is 253 g/mol. The maximum Gasteiger partial charge on any atom is 0.250 e. The third-order valence-electron chi connectivity index (χ3n) is 2.84. The van der Waals surface area contributed by atoms with Gasteiger partial charge >= 0.3 is 0 Å². The fraction of sp³-hybridized carbons (Fsp3) is 0.615. The molecule has 0 aromatic carbocycles. The number of hydrogen-bond donors (Lipinski definition) is 2. The van der Waals surface area contributed by atoms with Crippen molar-refractivity contribution in [1.82, 2.24) is 9.47 Å². The van der Waals surface area contributed by atoms with E-state index in [9.17, 15) is 4.79 Å². The Balaban J connectivity index is 2.44. The smallest absolute Gasteiger partial charge is 0.250 e. The molecule has 18 heavy (non-hydrogen) atoms. The van der Waals surface area contributed by atoms with Gasteiger partial charge in [-0.25, -0.2) is 0 Å². The third kappa shape index (κ3) is 4.89. The Labute approximate surface area is 108 Å². The first-order valence-corrected chi connectivity index (χ1v) is 6.46. The molecular formula is C13H23N3O2. The summed E-state index contributed by atoms with van der Waals surface area (Å²) in [4.78, 5) is 13.8. The zero-order valence-electron chi connectivity index (χ0n) is 11.0. The summed E-state index contributed by atoms with van der Waals surface area (Å²) in [7, 11) is 0. The number of nitrogen functional groups attached to an aromatic ring is 1. The first kappa shape index (κ1) is 14.7. The fourth-order valence-electron chi connectivity index (χ4n) is 1.98. The van der Waals surface area contributed by atoms with E-state index in [0.29, 0.717) is 18.8 Å². The minimum absolute atomic E-state index is 0.0200. The number of hydrogen-bond acceptors (Lipinski definition) is 4. The molecule has 1 rings (SSSR count). The molecule has 0 amide bonds. The minimum atomic E-state index is -0.0200. The number of pyridine rings is 1. The minimum Gasteiger partial charge on any atom is -0.398 e. The van der Waals surface area contributed by atoms with Crippen LogP contribution in [-0.2, 0) is 6.54 Å². The summed E-state index contributed by atoms with van der Waals surface area (Å²) in [6.07, 6.45) is 3.63. The molecule has 0 aliphatic carbocycles. The largest absolute Gasteiger partial charge is 0.398 e. The van der Waals surface area contributed by atoms with Crippen molar-refractivity contribution in [3.05, 3.63) is 28.7 Å². The van der Waals surface area contributed by atoms with Gasteiger partial charge < -0.3 is 20.3 Å². The summed E-state index contributed by atoms with van der Waals surface area (Å²) in [6.45, 7) is 5.52. The van der Waals surface area contributed by atoms with Crippen molar-refractivity contribution < 1.29 is 5.11 Å². The van der Waals surface area contributed by atoms with Crippen LogP contribution < -0.4 is 11.3 Å². The highest BCUT2D eigenvalue weighted by Gasteiger charge is 2.03. The van der Waals surface area contributed by atoms with Crippen LogP contribution in [0, 0.1) is 0 Å². The predicted octanol–water partition coefficient (Wildman–Crippen LogP) is 0.525. The van der Waals surface area contributed by atoms with Crippen LogP contribution in [0.3, 0.4) is 0 Å². The predicted molar refractivity (Wildman–Crippen MR) is 73.5 cm³/mol. The van der Waals surface area contributed by atoms with E-state index in [2.05, 4.69) is 11.8 Å². The van der Waals surface area contributed by atoms with Gasteiger partial charge in [-0.2, -0.15) is 0 Å². The van der Waals surface area contributed by atoms with E-state index in [0.717, 1.165) is 25.9 Å². The lowest BCUT2D eigenvalue weighted by atomic mass is 10.3. The highest BCUT2D eigenvalue weighted by atomic mass is 16.3. The van der Waals surface area contributed by atoms with Crippen LogP contribution in [0.15, 0.2) is 23.1 Å². The molecular weight excluding hydrogens is 230 g/mol. The van der Waals surface area contributed by atoms with Gasteiger partial charge in [-0.1, -0.05) is 6.92 Å². The molecule has 0 radical (unpaired) electrons. The van der Waals surface area contributed by atoms with E-state index in [-0.39, 0.29) is 12.2 Å². The van der Waals surface area contributed by atoms with E-state index in [4.69, 9.17) is 10.8 Å². The number of anilines is 1. The lowest BCUT2D eigenvalue weighted by molar-refractivity contribution is 0.192. The molecule has 0 unspecified atom stereocenters. The van der Waals surface area contributed by atoms with E-state index in [1.54, 1.807) is 16.8 Å². The molecule has 0 aliphatic heterocycles. The van der Waals surface area contributed by atoms with Gasteiger partial charge in [0.25, 0.3) is 5.56 Å². The lowest BCUT2D eigenvalue weighted by Crippen LogP contribution is -2.30. The Bertz CT molecular complexity index is 397. The van der Waals surface area contributed by atoms with E-state index >= 15 is 0 Å². The summed E-state index contributed by atoms with van der Waals surface area (Å²) in [5, 5.41) is 8.95. The molecule has 0 bridgehead atoms. The van der Waals surface area contributed by atoms with E-state index < -0.39 is 0 Å². The third-order valence-corrected chi connectivity index (χ3v) is 2.84. The molecule has 1 aromatic heterocycles. The van der Waals surface area contributed by atoms with Crippen LogP contribution in [0.5, 0.6) is 0 Å². The van der Waals surface area contributed by atoms with Crippen LogP contribution in [-0.4, -0.2) is 40.8 Å². The topological polar surface area (TPSA) is 71.5 Å². The van der Waals surface area contributed by atoms with Gasteiger partial charge in [-0.15, -0.1) is 0 Å². The Morgan fingerprint density at radius 3 is 2.78 bits per heavy atom. The summed E-state index contributed by atoms with van der Waals surface area (Å²) in [5.41, 5.74) is 6.24. The van der Waals surface area contributed by atoms with Gasteiger partial charge in [-0.05, 0) is 32.0 Å². The number of aliphatic hydroxyl groups excluding tert-OH is 1. The molecule has 1 aromatic rings. The first-order chi connectivity index (χ1) is 8.67. The normalized spacial score (nSPS) is 11.1. The number of rotatable bonds is 8. The molecule has 0 aliphatic rings. The van der Waals surface area contributed by atoms with E-state index in [1.165, 1.54) is 6.07 Å². The maximum atomic E-state index is 11.6. The molecule has 5 nitrogen and oxygen atoms in total. The highest BCUT2D eigenvalue weighted by molar-refractivity contribution is 5.33. The standard InChI is InChI=1S/C13H23N3O2/c1-2-6-15(9-10-17)7-3-8-16-11-12(14)4-5-13(16)18/h4-5,11,17H,2-3,6-10,14H2,1H3. The summed E-state index contributed by atoms with van der Waals surface area (Å²) in [6, 6.07) is 3.11. The van der Waals surface area contributed by atoms with Crippen LogP contribution in [0.4, 0.5) is 5.69 Å². The van der Waals surface area contributed by atoms with Gasteiger partial charge in [0.05, 0.1) is 6.61 Å². The number of aromatic nitrogens is 1.